The van der Waals surface area contributed by atoms with Crippen molar-refractivity contribution >= 4 is 62.3 Å². The number of rotatable bonds is 12. The molecule has 2 atom stereocenters. The van der Waals surface area contributed by atoms with Crippen LogP contribution in [0.5, 0.6) is 5.75 Å². The van der Waals surface area contributed by atoms with Crippen molar-refractivity contribution in [1.82, 2.24) is 10.2 Å². The third-order valence-electron chi connectivity index (χ3n) is 6.58. The quantitative estimate of drug-likeness (QED) is 0.255. The van der Waals surface area contributed by atoms with Gasteiger partial charge in [0, 0.05) is 33.2 Å². The number of benzene rings is 3. The zero-order chi connectivity index (χ0) is 30.3. The first-order chi connectivity index (χ1) is 19.4. The zero-order valence-corrected chi connectivity index (χ0v) is 26.2. The Balaban J connectivity index is 2.12. The first kappa shape index (κ1) is 32.5. The number of hydrogen-bond donors (Lipinski definition) is 1. The van der Waals surface area contributed by atoms with Crippen molar-refractivity contribution in [3.8, 4) is 5.75 Å². The number of carbonyl (C=O) groups is 2. The van der Waals surface area contributed by atoms with E-state index in [1.54, 1.807) is 49.4 Å². The van der Waals surface area contributed by atoms with Gasteiger partial charge >= 0.3 is 0 Å². The first-order valence-corrected chi connectivity index (χ1v) is 15.4. The van der Waals surface area contributed by atoms with Crippen LogP contribution in [-0.4, -0.2) is 50.9 Å². The molecule has 41 heavy (non-hydrogen) atoms. The van der Waals surface area contributed by atoms with Gasteiger partial charge in [0.05, 0.1) is 17.7 Å². The van der Waals surface area contributed by atoms with Crippen molar-refractivity contribution in [3.63, 3.8) is 0 Å². The predicted octanol–water partition coefficient (Wildman–Crippen LogP) is 6.18. The molecule has 0 saturated heterocycles. The lowest BCUT2D eigenvalue weighted by atomic mass is 10.1. The number of ether oxygens (including phenoxy) is 1. The fourth-order valence-electron chi connectivity index (χ4n) is 3.99. The zero-order valence-electron chi connectivity index (χ0n) is 23.1. The van der Waals surface area contributed by atoms with Gasteiger partial charge in [-0.1, -0.05) is 66.0 Å². The highest BCUT2D eigenvalue weighted by Gasteiger charge is 2.34. The summed E-state index contributed by atoms with van der Waals surface area (Å²) >= 11 is 19.1. The van der Waals surface area contributed by atoms with E-state index in [2.05, 4.69) is 5.32 Å². The third kappa shape index (κ3) is 7.86. The second-order valence-corrected chi connectivity index (χ2v) is 12.5. The molecule has 220 valence electrons. The van der Waals surface area contributed by atoms with Crippen LogP contribution in [0.1, 0.15) is 32.8 Å². The average molecular weight is 641 g/mol. The van der Waals surface area contributed by atoms with Crippen LogP contribution in [0.4, 0.5) is 5.69 Å². The number of anilines is 1. The highest BCUT2D eigenvalue weighted by Crippen LogP contribution is 2.35. The summed E-state index contributed by atoms with van der Waals surface area (Å²) < 4.78 is 34.3. The molecule has 3 aromatic carbocycles. The Morgan fingerprint density at radius 2 is 1.59 bits per heavy atom. The standard InChI is InChI=1S/C29H32Cl3N3O5S/c1-5-19(2)33-29(37)20(3)34(17-23-24(31)12-9-13-25(23)32)28(36)18-35(26-16-21(30)14-15-27(26)40-4)41(38,39)22-10-7-6-8-11-22/h6-16,19-20H,5,17-18H2,1-4H3,(H,33,37)/t19-,20+/m0/s1. The predicted molar refractivity (Wildman–Crippen MR) is 163 cm³/mol. The molecule has 0 aliphatic rings. The van der Waals surface area contributed by atoms with Crippen LogP contribution in [-0.2, 0) is 26.2 Å². The van der Waals surface area contributed by atoms with Gasteiger partial charge in [-0.3, -0.25) is 13.9 Å². The van der Waals surface area contributed by atoms with E-state index in [9.17, 15) is 18.0 Å². The van der Waals surface area contributed by atoms with Crippen molar-refractivity contribution in [1.29, 1.82) is 0 Å². The maximum Gasteiger partial charge on any atom is 0.264 e. The van der Waals surface area contributed by atoms with Gasteiger partial charge in [-0.25, -0.2) is 8.42 Å². The Labute approximate surface area is 256 Å². The third-order valence-corrected chi connectivity index (χ3v) is 9.30. The van der Waals surface area contributed by atoms with Crippen LogP contribution in [0.2, 0.25) is 15.1 Å². The number of amides is 2. The van der Waals surface area contributed by atoms with Crippen LogP contribution in [0.3, 0.4) is 0 Å². The van der Waals surface area contributed by atoms with Gasteiger partial charge in [0.1, 0.15) is 18.3 Å². The fourth-order valence-corrected chi connectivity index (χ4v) is 6.11. The van der Waals surface area contributed by atoms with Crippen LogP contribution < -0.4 is 14.4 Å². The summed E-state index contributed by atoms with van der Waals surface area (Å²) in [6.07, 6.45) is 0.681. The molecule has 0 aromatic heterocycles. The van der Waals surface area contributed by atoms with E-state index < -0.39 is 34.4 Å². The van der Waals surface area contributed by atoms with Gasteiger partial charge < -0.3 is 15.0 Å². The van der Waals surface area contributed by atoms with Gasteiger partial charge in [-0.2, -0.15) is 0 Å². The Hall–Kier alpha value is -2.98. The van der Waals surface area contributed by atoms with Gasteiger partial charge in [-0.05, 0) is 62.7 Å². The minimum absolute atomic E-state index is 0.0434. The largest absolute Gasteiger partial charge is 0.495 e. The number of methoxy groups -OCH3 is 1. The lowest BCUT2D eigenvalue weighted by Gasteiger charge is -2.33. The van der Waals surface area contributed by atoms with Gasteiger partial charge in [-0.15, -0.1) is 0 Å². The van der Waals surface area contributed by atoms with E-state index in [0.29, 0.717) is 22.0 Å². The number of sulfonamides is 1. The van der Waals surface area contributed by atoms with Crippen LogP contribution in [0, 0.1) is 0 Å². The fraction of sp³-hybridized carbons (Fsp3) is 0.310. The summed E-state index contributed by atoms with van der Waals surface area (Å²) in [5.41, 5.74) is 0.481. The summed E-state index contributed by atoms with van der Waals surface area (Å²) in [6.45, 7) is 4.53. The van der Waals surface area contributed by atoms with E-state index in [0.717, 1.165) is 4.31 Å². The van der Waals surface area contributed by atoms with Gasteiger partial charge in [0.25, 0.3) is 10.0 Å². The Morgan fingerprint density at radius 3 is 2.17 bits per heavy atom. The molecule has 0 aliphatic carbocycles. The highest BCUT2D eigenvalue weighted by atomic mass is 35.5. The van der Waals surface area contributed by atoms with Crippen molar-refractivity contribution in [2.24, 2.45) is 0 Å². The van der Waals surface area contributed by atoms with Crippen LogP contribution in [0.15, 0.2) is 71.6 Å². The topological polar surface area (TPSA) is 96.0 Å². The molecule has 12 heteroatoms. The number of carbonyl (C=O) groups excluding carboxylic acids is 2. The van der Waals surface area contributed by atoms with Gasteiger partial charge in [0.15, 0.2) is 0 Å². The Bertz CT molecular complexity index is 1470. The summed E-state index contributed by atoms with van der Waals surface area (Å²) in [7, 11) is -2.91. The maximum absolute atomic E-state index is 14.1. The molecule has 0 saturated carbocycles. The molecule has 0 radical (unpaired) electrons. The lowest BCUT2D eigenvalue weighted by Crippen LogP contribution is -2.52. The smallest absolute Gasteiger partial charge is 0.264 e. The molecule has 0 fully saturated rings. The van der Waals surface area contributed by atoms with Crippen molar-refractivity contribution in [2.45, 2.75) is 50.7 Å². The molecule has 1 N–H and O–H groups in total. The number of halogens is 3. The van der Waals surface area contributed by atoms with E-state index >= 15 is 0 Å². The van der Waals surface area contributed by atoms with Crippen LogP contribution >= 0.6 is 34.8 Å². The molecule has 0 bridgehead atoms. The minimum Gasteiger partial charge on any atom is -0.495 e. The molecule has 2 amide bonds. The molecule has 0 aliphatic heterocycles. The molecule has 0 spiro atoms. The molecular weight excluding hydrogens is 609 g/mol. The first-order valence-electron chi connectivity index (χ1n) is 12.8. The maximum atomic E-state index is 14.1. The second kappa shape index (κ2) is 14.3. The number of nitrogens with zero attached hydrogens (tertiary/aromatic N) is 2. The summed E-state index contributed by atoms with van der Waals surface area (Å²) in [4.78, 5) is 28.5. The Kier molecular flexibility index (Phi) is 11.3. The van der Waals surface area contributed by atoms with Crippen molar-refractivity contribution in [2.75, 3.05) is 18.0 Å². The molecule has 8 nitrogen and oxygen atoms in total. The van der Waals surface area contributed by atoms with Gasteiger partial charge in [0.2, 0.25) is 11.8 Å². The Morgan fingerprint density at radius 1 is 0.951 bits per heavy atom. The monoisotopic (exact) mass is 639 g/mol. The number of nitrogens with one attached hydrogen (secondary N) is 1. The van der Waals surface area contributed by atoms with Crippen LogP contribution in [0.25, 0.3) is 0 Å². The average Bonchev–Trinajstić information content (AvgIpc) is 2.95. The highest BCUT2D eigenvalue weighted by molar-refractivity contribution is 7.92. The normalized spacial score (nSPS) is 12.8. The van der Waals surface area contributed by atoms with E-state index in [4.69, 9.17) is 39.5 Å². The second-order valence-electron chi connectivity index (χ2n) is 9.36. The van der Waals surface area contributed by atoms with E-state index in [-0.39, 0.29) is 33.9 Å². The molecule has 3 rings (SSSR count). The molecule has 3 aromatic rings. The molecular formula is C29H32Cl3N3O5S. The van der Waals surface area contributed by atoms with Crippen molar-refractivity contribution < 1.29 is 22.7 Å². The SMILES string of the molecule is CC[C@H](C)NC(=O)[C@@H](C)N(Cc1c(Cl)cccc1Cl)C(=O)CN(c1cc(Cl)ccc1OC)S(=O)(=O)c1ccccc1. The van der Waals surface area contributed by atoms with E-state index in [1.807, 2.05) is 13.8 Å². The lowest BCUT2D eigenvalue weighted by molar-refractivity contribution is -0.139. The summed E-state index contributed by atoms with van der Waals surface area (Å²) in [5.74, 6) is -0.895. The minimum atomic E-state index is -4.30. The van der Waals surface area contributed by atoms with Crippen molar-refractivity contribution in [3.05, 3.63) is 87.4 Å². The number of hydrogen-bond acceptors (Lipinski definition) is 5. The summed E-state index contributed by atoms with van der Waals surface area (Å²) in [5, 5.41) is 3.72. The van der Waals surface area contributed by atoms with E-state index in [1.165, 1.54) is 36.3 Å². The molecule has 0 heterocycles. The summed E-state index contributed by atoms with van der Waals surface area (Å²) in [6, 6.07) is 15.9. The molecule has 0 unspecified atom stereocenters.